The number of anilines is 2. The van der Waals surface area contributed by atoms with E-state index in [9.17, 15) is 14.0 Å². The maximum Gasteiger partial charge on any atom is 0.265 e. The lowest BCUT2D eigenvalue weighted by Gasteiger charge is -2.62. The van der Waals surface area contributed by atoms with Gasteiger partial charge in [0.05, 0.1) is 5.54 Å². The Bertz CT molecular complexity index is 1350. The number of hydrogen-bond donors (Lipinski definition) is 1. The molecular formula is C25H29FN6O3. The van der Waals surface area contributed by atoms with Gasteiger partial charge >= 0.3 is 0 Å². The average molecular weight is 481 g/mol. The zero-order valence-corrected chi connectivity index (χ0v) is 20.3. The number of hydrogen-bond acceptors (Lipinski definition) is 7. The molecule has 0 unspecified atom stereocenters. The molecule has 0 aliphatic heterocycles. The monoisotopic (exact) mass is 480 g/mol. The highest BCUT2D eigenvalue weighted by Gasteiger charge is 2.59. The predicted octanol–water partition coefficient (Wildman–Crippen LogP) is 2.83. The van der Waals surface area contributed by atoms with E-state index in [0.717, 1.165) is 19.3 Å². The van der Waals surface area contributed by atoms with E-state index in [1.165, 1.54) is 11.0 Å². The summed E-state index contributed by atoms with van der Waals surface area (Å²) in [7, 11) is 7.09. The van der Waals surface area contributed by atoms with Gasteiger partial charge in [0.2, 0.25) is 5.95 Å². The minimum Gasteiger partial charge on any atom is -0.489 e. The van der Waals surface area contributed by atoms with Gasteiger partial charge in [0.1, 0.15) is 17.8 Å². The molecule has 3 aliphatic carbocycles. The SMILES string of the molecule is CN(C)CCOc1ccc(Nc2ncc3cc(C(=O)N(C)C)c(=O)n(C45CC(C4)C5)c3n2)cc1F. The summed E-state index contributed by atoms with van der Waals surface area (Å²) in [6.07, 6.45) is 4.33. The summed E-state index contributed by atoms with van der Waals surface area (Å²) in [5.41, 5.74) is 0.435. The highest BCUT2D eigenvalue weighted by molar-refractivity contribution is 5.96. The molecule has 10 heteroatoms. The molecule has 0 saturated heterocycles. The molecule has 2 bridgehead atoms. The first-order valence-corrected chi connectivity index (χ1v) is 11.7. The number of ether oxygens (including phenoxy) is 1. The quantitative estimate of drug-likeness (QED) is 0.530. The van der Waals surface area contributed by atoms with Gasteiger partial charge in [0.25, 0.3) is 11.5 Å². The normalized spacial score (nSPS) is 20.3. The number of halogens is 1. The second-order valence-electron chi connectivity index (χ2n) is 10.00. The van der Waals surface area contributed by atoms with Crippen LogP contribution in [0.5, 0.6) is 5.75 Å². The van der Waals surface area contributed by atoms with E-state index < -0.39 is 5.82 Å². The van der Waals surface area contributed by atoms with Crippen LogP contribution in [0.25, 0.3) is 11.0 Å². The number of likely N-dealkylation sites (N-methyl/N-ethyl adjacent to an activating group) is 1. The summed E-state index contributed by atoms with van der Waals surface area (Å²) in [6, 6.07) is 6.14. The van der Waals surface area contributed by atoms with Crippen molar-refractivity contribution in [1.29, 1.82) is 0 Å². The van der Waals surface area contributed by atoms with Crippen molar-refractivity contribution in [3.05, 3.63) is 52.2 Å². The molecule has 1 amide bonds. The number of carbonyl (C=O) groups excluding carboxylic acids is 1. The van der Waals surface area contributed by atoms with Crippen LogP contribution in [0.15, 0.2) is 35.3 Å². The lowest BCUT2D eigenvalue weighted by Crippen LogP contribution is -2.62. The van der Waals surface area contributed by atoms with Gasteiger partial charge in [0, 0.05) is 44.0 Å². The van der Waals surface area contributed by atoms with Crippen molar-refractivity contribution >= 4 is 28.6 Å². The molecule has 0 spiro atoms. The molecule has 3 fully saturated rings. The smallest absolute Gasteiger partial charge is 0.265 e. The number of fused-ring (bicyclic) bond motifs is 1. The Kier molecular flexibility index (Phi) is 5.71. The number of rotatable bonds is 8. The van der Waals surface area contributed by atoms with Gasteiger partial charge in [0.15, 0.2) is 11.6 Å². The van der Waals surface area contributed by atoms with Gasteiger partial charge in [-0.15, -0.1) is 0 Å². The maximum atomic E-state index is 14.5. The Hall–Kier alpha value is -3.53. The minimum atomic E-state index is -0.493. The lowest BCUT2D eigenvalue weighted by atomic mass is 9.49. The van der Waals surface area contributed by atoms with Crippen LogP contribution in [-0.2, 0) is 5.54 Å². The fourth-order valence-corrected chi connectivity index (χ4v) is 4.86. The third kappa shape index (κ3) is 4.12. The lowest BCUT2D eigenvalue weighted by molar-refractivity contribution is -0.0884. The number of carbonyl (C=O) groups is 1. The standard InChI is InChI=1S/C25H29FN6O3/c1-30(2)7-8-35-20-6-5-17(10-19(20)26)28-24-27-14-16-9-18(22(33)31(3)4)23(34)32(21(16)29-24)25-11-15(12-25)13-25/h5-6,9-10,14-15H,7-8,11-13H2,1-4H3,(H,27,28,29). The highest BCUT2D eigenvalue weighted by Crippen LogP contribution is 2.62. The molecule has 2 aromatic heterocycles. The van der Waals surface area contributed by atoms with Crippen LogP contribution >= 0.6 is 0 Å². The summed E-state index contributed by atoms with van der Waals surface area (Å²) in [5.74, 6) is 0.206. The molecule has 184 valence electrons. The minimum absolute atomic E-state index is 0.114. The van der Waals surface area contributed by atoms with Crippen molar-refractivity contribution in [1.82, 2.24) is 24.3 Å². The molecule has 3 aromatic rings. The summed E-state index contributed by atoms with van der Waals surface area (Å²) < 4.78 is 21.7. The fraction of sp³-hybridized carbons (Fsp3) is 0.440. The predicted molar refractivity (Wildman–Crippen MR) is 131 cm³/mol. The maximum absolute atomic E-state index is 14.5. The summed E-state index contributed by atoms with van der Waals surface area (Å²) in [4.78, 5) is 38.5. The Morgan fingerprint density at radius 3 is 2.57 bits per heavy atom. The van der Waals surface area contributed by atoms with E-state index in [4.69, 9.17) is 4.74 Å². The van der Waals surface area contributed by atoms with Gasteiger partial charge in [-0.3, -0.25) is 14.2 Å². The van der Waals surface area contributed by atoms with E-state index in [1.807, 2.05) is 19.0 Å². The van der Waals surface area contributed by atoms with Crippen LogP contribution in [0.3, 0.4) is 0 Å². The fourth-order valence-electron chi connectivity index (χ4n) is 4.86. The van der Waals surface area contributed by atoms with Crippen LogP contribution in [-0.4, -0.2) is 71.6 Å². The first kappa shape index (κ1) is 23.2. The van der Waals surface area contributed by atoms with Crippen LogP contribution in [0.1, 0.15) is 29.6 Å². The van der Waals surface area contributed by atoms with Crippen molar-refractivity contribution in [3.8, 4) is 5.75 Å². The zero-order chi connectivity index (χ0) is 24.9. The summed E-state index contributed by atoms with van der Waals surface area (Å²) in [5, 5.41) is 3.64. The first-order chi connectivity index (χ1) is 16.7. The molecule has 3 saturated carbocycles. The summed E-state index contributed by atoms with van der Waals surface area (Å²) >= 11 is 0. The van der Waals surface area contributed by atoms with Crippen LogP contribution in [0.2, 0.25) is 0 Å². The van der Waals surface area contributed by atoms with Gasteiger partial charge in [-0.05, 0) is 57.5 Å². The Morgan fingerprint density at radius 1 is 1.23 bits per heavy atom. The van der Waals surface area contributed by atoms with Crippen LogP contribution in [0.4, 0.5) is 16.0 Å². The molecule has 0 radical (unpaired) electrons. The Balaban J connectivity index is 1.47. The van der Waals surface area contributed by atoms with Crippen molar-refractivity contribution < 1.29 is 13.9 Å². The number of aromatic nitrogens is 3. The van der Waals surface area contributed by atoms with E-state index >= 15 is 0 Å². The topological polar surface area (TPSA) is 92.6 Å². The third-order valence-electron chi connectivity index (χ3n) is 6.84. The first-order valence-electron chi connectivity index (χ1n) is 11.7. The Morgan fingerprint density at radius 2 is 1.97 bits per heavy atom. The van der Waals surface area contributed by atoms with E-state index in [2.05, 4.69) is 15.3 Å². The highest BCUT2D eigenvalue weighted by atomic mass is 19.1. The second kappa shape index (κ2) is 8.60. The third-order valence-corrected chi connectivity index (χ3v) is 6.84. The van der Waals surface area contributed by atoms with E-state index in [-0.39, 0.29) is 34.3 Å². The molecule has 3 aliphatic rings. The van der Waals surface area contributed by atoms with Gasteiger partial charge in [-0.2, -0.15) is 4.98 Å². The Labute approximate surface area is 202 Å². The number of nitrogens with one attached hydrogen (secondary N) is 1. The average Bonchev–Trinajstić information content (AvgIpc) is 2.74. The molecule has 0 atom stereocenters. The summed E-state index contributed by atoms with van der Waals surface area (Å²) in [6.45, 7) is 1.05. The molecular weight excluding hydrogens is 451 g/mol. The van der Waals surface area contributed by atoms with Gasteiger partial charge < -0.3 is 19.9 Å². The van der Waals surface area contributed by atoms with Gasteiger partial charge in [-0.25, -0.2) is 9.37 Å². The second-order valence-corrected chi connectivity index (χ2v) is 10.00. The van der Waals surface area contributed by atoms with E-state index in [1.54, 1.807) is 43.1 Å². The van der Waals surface area contributed by atoms with Gasteiger partial charge in [-0.1, -0.05) is 0 Å². The molecule has 9 nitrogen and oxygen atoms in total. The van der Waals surface area contributed by atoms with Crippen molar-refractivity contribution in [2.24, 2.45) is 5.92 Å². The number of pyridine rings is 1. The largest absolute Gasteiger partial charge is 0.489 e. The molecule has 1 N–H and O–H groups in total. The number of nitrogens with zero attached hydrogens (tertiary/aromatic N) is 5. The van der Waals surface area contributed by atoms with Crippen LogP contribution < -0.4 is 15.6 Å². The van der Waals surface area contributed by atoms with Crippen molar-refractivity contribution in [2.45, 2.75) is 24.8 Å². The van der Waals surface area contributed by atoms with E-state index in [0.29, 0.717) is 35.8 Å². The van der Waals surface area contributed by atoms with Crippen molar-refractivity contribution in [3.63, 3.8) is 0 Å². The zero-order valence-electron chi connectivity index (χ0n) is 20.3. The molecule has 2 heterocycles. The molecule has 1 aromatic carbocycles. The molecule has 6 rings (SSSR count). The van der Waals surface area contributed by atoms with Crippen molar-refractivity contribution in [2.75, 3.05) is 46.7 Å². The van der Waals surface area contributed by atoms with Crippen LogP contribution in [0, 0.1) is 11.7 Å². The number of amides is 1. The molecule has 35 heavy (non-hydrogen) atoms. The number of benzene rings is 1.